The molecule has 0 amide bonds. The molecule has 4 nitrogen and oxygen atoms in total. The van der Waals surface area contributed by atoms with Crippen LogP contribution in [0.1, 0.15) is 31.2 Å². The van der Waals surface area contributed by atoms with Gasteiger partial charge in [-0.05, 0) is 42.4 Å². The van der Waals surface area contributed by atoms with Crippen LogP contribution < -0.4 is 15.2 Å². The molecule has 3 atom stereocenters. The number of fused-ring (bicyclic) bond motifs is 2. The number of nitrogens with zero attached hydrogens (tertiary/aromatic N) is 1. The molecule has 3 aliphatic rings. The van der Waals surface area contributed by atoms with Gasteiger partial charge in [0.25, 0.3) is 0 Å². The van der Waals surface area contributed by atoms with Crippen LogP contribution in [0.15, 0.2) is 12.1 Å². The molecule has 0 aromatic heterocycles. The molecule has 2 N–H and O–H groups in total. The highest BCUT2D eigenvalue weighted by Crippen LogP contribution is 2.40. The first-order valence-electron chi connectivity index (χ1n) is 8.76. The largest absolute Gasteiger partial charge is 0.489 e. The van der Waals surface area contributed by atoms with Gasteiger partial charge in [0, 0.05) is 32.1 Å². The lowest BCUT2D eigenvalue weighted by Crippen LogP contribution is -2.38. The molecule has 24 heavy (non-hydrogen) atoms. The molecule has 1 aromatic carbocycles. The number of hydrogen-bond acceptors (Lipinski definition) is 4. The summed E-state index contributed by atoms with van der Waals surface area (Å²) in [5.41, 5.74) is 7.52. The minimum Gasteiger partial charge on any atom is -0.489 e. The molecule has 6 heteroatoms. The topological polar surface area (TPSA) is 47.7 Å². The van der Waals surface area contributed by atoms with Gasteiger partial charge in [-0.3, -0.25) is 4.90 Å². The normalized spacial score (nSPS) is 29.5. The Morgan fingerprint density at radius 2 is 1.96 bits per heavy atom. The number of hydrogen-bond donors (Lipinski definition) is 1. The van der Waals surface area contributed by atoms with Gasteiger partial charge >= 0.3 is 0 Å². The maximum Gasteiger partial charge on any atom is 0.179 e. The lowest BCUT2D eigenvalue weighted by molar-refractivity contribution is 0.259. The van der Waals surface area contributed by atoms with E-state index < -0.39 is 0 Å². The van der Waals surface area contributed by atoms with Gasteiger partial charge < -0.3 is 15.2 Å². The number of nitrogens with two attached hydrogens (primary N) is 1. The molecule has 2 heterocycles. The number of benzene rings is 1. The average molecular weight is 373 g/mol. The van der Waals surface area contributed by atoms with E-state index in [1.807, 2.05) is 6.07 Å². The molecular weight excluding hydrogens is 347 g/mol. The summed E-state index contributed by atoms with van der Waals surface area (Å²) in [4.78, 5) is 2.52. The van der Waals surface area contributed by atoms with Crippen molar-refractivity contribution in [2.75, 3.05) is 26.3 Å². The van der Waals surface area contributed by atoms with E-state index in [-0.39, 0.29) is 12.4 Å². The molecule has 3 unspecified atom stereocenters. The molecule has 1 saturated heterocycles. The smallest absolute Gasteiger partial charge is 0.179 e. The quantitative estimate of drug-likeness (QED) is 0.862. The van der Waals surface area contributed by atoms with Crippen molar-refractivity contribution in [3.8, 4) is 11.5 Å². The van der Waals surface area contributed by atoms with Gasteiger partial charge in [-0.25, -0.2) is 0 Å². The second-order valence-corrected chi connectivity index (χ2v) is 7.58. The van der Waals surface area contributed by atoms with Crippen LogP contribution in [-0.2, 0) is 6.54 Å². The van der Waals surface area contributed by atoms with Crippen molar-refractivity contribution in [1.29, 1.82) is 0 Å². The predicted octanol–water partition coefficient (Wildman–Crippen LogP) is 3.48. The van der Waals surface area contributed by atoms with Crippen molar-refractivity contribution in [2.45, 2.75) is 38.3 Å². The fourth-order valence-corrected chi connectivity index (χ4v) is 4.66. The third-order valence-electron chi connectivity index (χ3n) is 5.50. The number of ether oxygens (including phenoxy) is 2. The highest BCUT2D eigenvalue weighted by atomic mass is 35.5. The fraction of sp³-hybridized carbons (Fsp3) is 0.667. The first kappa shape index (κ1) is 18.1. The SMILES string of the molecule is Cl.NC1CCCC2CN(Cc3cc(Cl)c4c(c3)OCCCO4)CC12. The summed E-state index contributed by atoms with van der Waals surface area (Å²) >= 11 is 6.41. The van der Waals surface area contributed by atoms with Gasteiger partial charge in [-0.1, -0.05) is 18.0 Å². The Kier molecular flexibility index (Phi) is 5.81. The summed E-state index contributed by atoms with van der Waals surface area (Å²) < 4.78 is 11.5. The van der Waals surface area contributed by atoms with E-state index in [9.17, 15) is 0 Å². The molecular formula is C18H26Cl2N2O2. The van der Waals surface area contributed by atoms with Crippen LogP contribution in [0.25, 0.3) is 0 Å². The third kappa shape index (κ3) is 3.62. The molecule has 4 rings (SSSR count). The van der Waals surface area contributed by atoms with E-state index in [4.69, 9.17) is 26.8 Å². The van der Waals surface area contributed by atoms with Gasteiger partial charge in [-0.2, -0.15) is 0 Å². The lowest BCUT2D eigenvalue weighted by atomic mass is 9.78. The molecule has 0 spiro atoms. The maximum atomic E-state index is 6.41. The van der Waals surface area contributed by atoms with Gasteiger partial charge in [0.05, 0.1) is 18.2 Å². The molecule has 0 radical (unpaired) electrons. The van der Waals surface area contributed by atoms with Gasteiger partial charge in [0.1, 0.15) is 0 Å². The van der Waals surface area contributed by atoms with Crippen molar-refractivity contribution in [3.05, 3.63) is 22.7 Å². The van der Waals surface area contributed by atoms with Crippen LogP contribution in [0.4, 0.5) is 0 Å². The van der Waals surface area contributed by atoms with Gasteiger partial charge in [0.15, 0.2) is 11.5 Å². The Bertz CT molecular complexity index is 584. The second-order valence-electron chi connectivity index (χ2n) is 7.17. The van der Waals surface area contributed by atoms with E-state index in [0.29, 0.717) is 35.9 Å². The summed E-state index contributed by atoms with van der Waals surface area (Å²) in [6.45, 7) is 4.54. The Morgan fingerprint density at radius 3 is 2.79 bits per heavy atom. The highest BCUT2D eigenvalue weighted by Gasteiger charge is 2.38. The Labute approximate surface area is 155 Å². The second kappa shape index (κ2) is 7.69. The number of likely N-dealkylation sites (tertiary alicyclic amines) is 1. The molecule has 1 saturated carbocycles. The van der Waals surface area contributed by atoms with E-state index >= 15 is 0 Å². The van der Waals surface area contributed by atoms with Gasteiger partial charge in [-0.15, -0.1) is 12.4 Å². The van der Waals surface area contributed by atoms with Crippen molar-refractivity contribution in [1.82, 2.24) is 4.90 Å². The van der Waals surface area contributed by atoms with Gasteiger partial charge in [0.2, 0.25) is 0 Å². The van der Waals surface area contributed by atoms with Crippen molar-refractivity contribution in [2.24, 2.45) is 17.6 Å². The Hall–Kier alpha value is -0.680. The van der Waals surface area contributed by atoms with E-state index in [1.165, 1.54) is 24.8 Å². The standard InChI is InChI=1S/C18H25ClN2O2.ClH/c19-15-7-12(8-17-18(15)23-6-2-5-22-17)9-21-10-13-3-1-4-16(20)14(13)11-21;/h7-8,13-14,16H,1-6,9-11,20H2;1H. The fourth-order valence-electron chi connectivity index (χ4n) is 4.37. The summed E-state index contributed by atoms with van der Waals surface area (Å²) in [5.74, 6) is 2.93. The van der Waals surface area contributed by atoms with Crippen molar-refractivity contribution < 1.29 is 9.47 Å². The van der Waals surface area contributed by atoms with E-state index in [0.717, 1.165) is 37.7 Å². The Morgan fingerprint density at radius 1 is 1.12 bits per heavy atom. The third-order valence-corrected chi connectivity index (χ3v) is 5.78. The van der Waals surface area contributed by atoms with Crippen LogP contribution in [0, 0.1) is 11.8 Å². The highest BCUT2D eigenvalue weighted by molar-refractivity contribution is 6.32. The summed E-state index contributed by atoms with van der Waals surface area (Å²) in [6, 6.07) is 4.50. The van der Waals surface area contributed by atoms with Crippen molar-refractivity contribution in [3.63, 3.8) is 0 Å². The maximum absolute atomic E-state index is 6.41. The average Bonchev–Trinajstić information content (AvgIpc) is 2.78. The molecule has 0 bridgehead atoms. The zero-order valence-electron chi connectivity index (χ0n) is 13.9. The number of rotatable bonds is 2. The van der Waals surface area contributed by atoms with E-state index in [1.54, 1.807) is 0 Å². The monoisotopic (exact) mass is 372 g/mol. The lowest BCUT2D eigenvalue weighted by Gasteiger charge is -2.29. The summed E-state index contributed by atoms with van der Waals surface area (Å²) in [7, 11) is 0. The van der Waals surface area contributed by atoms with Crippen LogP contribution in [0.2, 0.25) is 5.02 Å². The number of halogens is 2. The van der Waals surface area contributed by atoms with Crippen LogP contribution in [0.5, 0.6) is 11.5 Å². The zero-order chi connectivity index (χ0) is 15.8. The first-order chi connectivity index (χ1) is 11.2. The molecule has 2 fully saturated rings. The summed E-state index contributed by atoms with van der Waals surface area (Å²) in [6.07, 6.45) is 4.70. The molecule has 1 aromatic rings. The Balaban J connectivity index is 0.00000169. The zero-order valence-corrected chi connectivity index (χ0v) is 15.5. The van der Waals surface area contributed by atoms with Crippen LogP contribution in [-0.4, -0.2) is 37.2 Å². The van der Waals surface area contributed by atoms with E-state index in [2.05, 4.69) is 11.0 Å². The minimum absolute atomic E-state index is 0. The predicted molar refractivity (Wildman–Crippen MR) is 98.4 cm³/mol. The van der Waals surface area contributed by atoms with Crippen LogP contribution >= 0.6 is 24.0 Å². The summed E-state index contributed by atoms with van der Waals surface area (Å²) in [5, 5.41) is 0.660. The van der Waals surface area contributed by atoms with Crippen molar-refractivity contribution >= 4 is 24.0 Å². The molecule has 1 aliphatic carbocycles. The first-order valence-corrected chi connectivity index (χ1v) is 9.14. The molecule has 134 valence electrons. The minimum atomic E-state index is 0. The van der Waals surface area contributed by atoms with Crippen LogP contribution in [0.3, 0.4) is 0 Å². The molecule has 2 aliphatic heterocycles.